The van der Waals surface area contributed by atoms with Gasteiger partial charge in [0.25, 0.3) is 0 Å². The quantitative estimate of drug-likeness (QED) is 0.889. The molecule has 2 nitrogen and oxygen atoms in total. The predicted molar refractivity (Wildman–Crippen MR) is 67.8 cm³/mol. The molecule has 1 heterocycles. The molecule has 1 aliphatic carbocycles. The maximum atomic E-state index is 13.2. The van der Waals surface area contributed by atoms with E-state index in [2.05, 4.69) is 10.2 Å². The number of piperidine rings is 1. The van der Waals surface area contributed by atoms with Gasteiger partial charge in [0.1, 0.15) is 11.6 Å². The zero-order valence-corrected chi connectivity index (χ0v) is 10.3. The van der Waals surface area contributed by atoms with Crippen molar-refractivity contribution in [2.45, 2.75) is 37.8 Å². The molecule has 0 radical (unpaired) electrons. The summed E-state index contributed by atoms with van der Waals surface area (Å²) in [6, 6.07) is 4.90. The number of hydrogen-bond donors (Lipinski definition) is 1. The van der Waals surface area contributed by atoms with Crippen molar-refractivity contribution in [2.75, 3.05) is 18.0 Å². The van der Waals surface area contributed by atoms with Crippen LogP contribution < -0.4 is 10.2 Å². The van der Waals surface area contributed by atoms with Crippen molar-refractivity contribution < 1.29 is 8.78 Å². The second kappa shape index (κ2) is 4.84. The van der Waals surface area contributed by atoms with Gasteiger partial charge in [-0.2, -0.15) is 0 Å². The molecule has 3 rings (SSSR count). The highest BCUT2D eigenvalue weighted by atomic mass is 19.1. The first-order chi connectivity index (χ1) is 8.70. The molecule has 0 spiro atoms. The molecular formula is C14H18F2N2. The number of anilines is 1. The van der Waals surface area contributed by atoms with Crippen LogP contribution in [0.5, 0.6) is 0 Å². The first-order valence-corrected chi connectivity index (χ1v) is 6.68. The zero-order valence-electron chi connectivity index (χ0n) is 10.3. The summed E-state index contributed by atoms with van der Waals surface area (Å²) < 4.78 is 26.4. The highest BCUT2D eigenvalue weighted by Gasteiger charge is 2.27. The Bertz CT molecular complexity index is 412. The fourth-order valence-corrected chi connectivity index (χ4v) is 2.65. The summed E-state index contributed by atoms with van der Waals surface area (Å²) in [4.78, 5) is 2.08. The summed E-state index contributed by atoms with van der Waals surface area (Å²) in [6.07, 6.45) is 4.77. The number of halogens is 2. The Balaban J connectivity index is 1.70. The van der Waals surface area contributed by atoms with Crippen molar-refractivity contribution in [1.82, 2.24) is 5.32 Å². The van der Waals surface area contributed by atoms with E-state index in [4.69, 9.17) is 0 Å². The monoisotopic (exact) mass is 252 g/mol. The van der Waals surface area contributed by atoms with E-state index in [0.29, 0.717) is 17.8 Å². The highest BCUT2D eigenvalue weighted by Crippen LogP contribution is 2.25. The summed E-state index contributed by atoms with van der Waals surface area (Å²) in [5.74, 6) is -0.996. The van der Waals surface area contributed by atoms with Gasteiger partial charge in [0.15, 0.2) is 0 Å². The molecule has 18 heavy (non-hydrogen) atoms. The number of nitrogens with one attached hydrogen (secondary N) is 1. The van der Waals surface area contributed by atoms with Crippen molar-refractivity contribution in [1.29, 1.82) is 0 Å². The van der Waals surface area contributed by atoms with E-state index in [1.165, 1.54) is 25.0 Å². The van der Waals surface area contributed by atoms with Crippen LogP contribution in [0.2, 0.25) is 0 Å². The fraction of sp³-hybridized carbons (Fsp3) is 0.571. The predicted octanol–water partition coefficient (Wildman–Crippen LogP) is 2.69. The molecule has 1 N–H and O–H groups in total. The molecule has 1 aromatic carbocycles. The van der Waals surface area contributed by atoms with Gasteiger partial charge in [-0.15, -0.1) is 0 Å². The maximum Gasteiger partial charge on any atom is 0.128 e. The summed E-state index contributed by atoms with van der Waals surface area (Å²) in [5.41, 5.74) is 0.662. The Morgan fingerprint density at radius 3 is 2.39 bits per heavy atom. The Hall–Kier alpha value is -1.16. The van der Waals surface area contributed by atoms with Crippen LogP contribution in [-0.2, 0) is 0 Å². The summed E-state index contributed by atoms with van der Waals surface area (Å²) in [7, 11) is 0. The molecule has 0 aromatic heterocycles. The molecule has 2 fully saturated rings. The molecule has 1 atom stereocenters. The van der Waals surface area contributed by atoms with Crippen LogP contribution in [0.1, 0.15) is 25.7 Å². The van der Waals surface area contributed by atoms with E-state index in [9.17, 15) is 8.78 Å². The fourth-order valence-electron chi connectivity index (χ4n) is 2.65. The van der Waals surface area contributed by atoms with Gasteiger partial charge < -0.3 is 10.2 Å². The van der Waals surface area contributed by atoms with Gasteiger partial charge in [-0.25, -0.2) is 8.78 Å². The van der Waals surface area contributed by atoms with Gasteiger partial charge in [0.2, 0.25) is 0 Å². The topological polar surface area (TPSA) is 15.3 Å². The lowest BCUT2D eigenvalue weighted by Crippen LogP contribution is -2.46. The minimum Gasteiger partial charge on any atom is -0.370 e. The van der Waals surface area contributed by atoms with Crippen LogP contribution in [0, 0.1) is 11.6 Å². The average Bonchev–Trinajstić information content (AvgIpc) is 3.12. The third kappa shape index (κ3) is 2.80. The first kappa shape index (κ1) is 11.9. The first-order valence-electron chi connectivity index (χ1n) is 6.68. The van der Waals surface area contributed by atoms with Gasteiger partial charge in [0, 0.05) is 36.9 Å². The lowest BCUT2D eigenvalue weighted by molar-refractivity contribution is 0.419. The van der Waals surface area contributed by atoms with Crippen LogP contribution in [-0.4, -0.2) is 25.2 Å². The molecule has 1 aliphatic heterocycles. The number of benzene rings is 1. The van der Waals surface area contributed by atoms with Gasteiger partial charge in [0.05, 0.1) is 0 Å². The van der Waals surface area contributed by atoms with Crippen molar-refractivity contribution in [2.24, 2.45) is 0 Å². The molecule has 2 aliphatic rings. The second-order valence-electron chi connectivity index (χ2n) is 5.35. The van der Waals surface area contributed by atoms with E-state index < -0.39 is 11.6 Å². The van der Waals surface area contributed by atoms with Crippen LogP contribution >= 0.6 is 0 Å². The molecule has 1 aromatic rings. The summed E-state index contributed by atoms with van der Waals surface area (Å²) in [5, 5.41) is 3.59. The number of rotatable bonds is 3. The highest BCUT2D eigenvalue weighted by molar-refractivity contribution is 5.47. The Labute approximate surface area is 106 Å². The van der Waals surface area contributed by atoms with E-state index in [-0.39, 0.29) is 0 Å². The Kier molecular flexibility index (Phi) is 3.20. The molecule has 98 valence electrons. The maximum absolute atomic E-state index is 13.2. The van der Waals surface area contributed by atoms with Crippen molar-refractivity contribution in [3.63, 3.8) is 0 Å². The number of nitrogens with zero attached hydrogens (tertiary/aromatic N) is 1. The van der Waals surface area contributed by atoms with Crippen molar-refractivity contribution in [3.05, 3.63) is 29.8 Å². The Morgan fingerprint density at radius 2 is 1.72 bits per heavy atom. The van der Waals surface area contributed by atoms with E-state index in [0.717, 1.165) is 32.0 Å². The van der Waals surface area contributed by atoms with Gasteiger partial charge >= 0.3 is 0 Å². The number of hydrogen-bond acceptors (Lipinski definition) is 2. The standard InChI is InChI=1S/C14H18F2N2/c15-10-6-11(16)8-14(7-10)18-5-1-2-13(9-18)17-12-3-4-12/h6-8,12-13,17H,1-5,9H2. The van der Waals surface area contributed by atoms with E-state index in [1.807, 2.05) is 0 Å². The zero-order chi connectivity index (χ0) is 12.5. The molecule has 4 heteroatoms. The van der Waals surface area contributed by atoms with Crippen molar-refractivity contribution in [3.8, 4) is 0 Å². The second-order valence-corrected chi connectivity index (χ2v) is 5.35. The normalized spacial score (nSPS) is 24.3. The molecule has 0 bridgehead atoms. The third-order valence-electron chi connectivity index (χ3n) is 3.68. The van der Waals surface area contributed by atoms with Gasteiger partial charge in [-0.05, 0) is 37.8 Å². The van der Waals surface area contributed by atoms with Gasteiger partial charge in [-0.1, -0.05) is 0 Å². The average molecular weight is 252 g/mol. The SMILES string of the molecule is Fc1cc(F)cc(N2CCCC(NC3CC3)C2)c1. The summed E-state index contributed by atoms with van der Waals surface area (Å²) in [6.45, 7) is 1.73. The van der Waals surface area contributed by atoms with Crippen LogP contribution in [0.25, 0.3) is 0 Å². The Morgan fingerprint density at radius 1 is 1.00 bits per heavy atom. The lowest BCUT2D eigenvalue weighted by atomic mass is 10.0. The molecule has 1 saturated carbocycles. The van der Waals surface area contributed by atoms with Gasteiger partial charge in [-0.3, -0.25) is 0 Å². The largest absolute Gasteiger partial charge is 0.370 e. The van der Waals surface area contributed by atoms with E-state index in [1.54, 1.807) is 0 Å². The summed E-state index contributed by atoms with van der Waals surface area (Å²) >= 11 is 0. The van der Waals surface area contributed by atoms with Crippen LogP contribution in [0.15, 0.2) is 18.2 Å². The van der Waals surface area contributed by atoms with Crippen LogP contribution in [0.3, 0.4) is 0 Å². The van der Waals surface area contributed by atoms with Crippen LogP contribution in [0.4, 0.5) is 14.5 Å². The smallest absolute Gasteiger partial charge is 0.128 e. The van der Waals surface area contributed by atoms with E-state index >= 15 is 0 Å². The molecule has 1 saturated heterocycles. The molecule has 1 unspecified atom stereocenters. The minimum atomic E-state index is -0.498. The minimum absolute atomic E-state index is 0.456. The van der Waals surface area contributed by atoms with Crippen molar-refractivity contribution >= 4 is 5.69 Å². The lowest BCUT2D eigenvalue weighted by Gasteiger charge is -2.35. The molecular weight excluding hydrogens is 234 g/mol. The molecule has 0 amide bonds. The third-order valence-corrected chi connectivity index (χ3v) is 3.68.